The number of hydrogen-bond acceptors (Lipinski definition) is 3. The van der Waals surface area contributed by atoms with Gasteiger partial charge in [0.2, 0.25) is 0 Å². The molecule has 0 fully saturated rings. The summed E-state index contributed by atoms with van der Waals surface area (Å²) in [4.78, 5) is 13.6. The predicted molar refractivity (Wildman–Crippen MR) is 82.2 cm³/mol. The van der Waals surface area contributed by atoms with Gasteiger partial charge in [-0.1, -0.05) is 30.0 Å². The Balaban J connectivity index is 2.20. The number of amides is 1. The van der Waals surface area contributed by atoms with Crippen molar-refractivity contribution in [2.45, 2.75) is 13.8 Å². The first-order valence-electron chi connectivity index (χ1n) is 6.19. The second-order valence-electron chi connectivity index (χ2n) is 4.35. The summed E-state index contributed by atoms with van der Waals surface area (Å²) in [7, 11) is 0. The average molecular weight is 285 g/mol. The zero-order valence-corrected chi connectivity index (χ0v) is 12.2. The second kappa shape index (κ2) is 6.38. The van der Waals surface area contributed by atoms with Gasteiger partial charge in [0.25, 0.3) is 5.91 Å². The van der Waals surface area contributed by atoms with Crippen LogP contribution in [0.2, 0.25) is 0 Å². The summed E-state index contributed by atoms with van der Waals surface area (Å²) < 4.78 is 0. The van der Waals surface area contributed by atoms with E-state index in [-0.39, 0.29) is 12.5 Å². The molecule has 0 spiro atoms. The van der Waals surface area contributed by atoms with Gasteiger partial charge in [-0.05, 0) is 37.1 Å². The molecule has 0 saturated carbocycles. The molecule has 0 radical (unpaired) electrons. The van der Waals surface area contributed by atoms with E-state index in [1.807, 2.05) is 44.2 Å². The van der Waals surface area contributed by atoms with Crippen LogP contribution in [0.15, 0.2) is 30.3 Å². The Hall–Kier alpha value is -2.09. The lowest BCUT2D eigenvalue weighted by Crippen LogP contribution is -2.10. The number of anilines is 1. The number of carbonyl (C=O) groups is 1. The Bertz CT molecular complexity index is 692. The number of para-hydroxylation sites is 1. The van der Waals surface area contributed by atoms with Gasteiger partial charge >= 0.3 is 0 Å². The van der Waals surface area contributed by atoms with Crippen molar-refractivity contribution in [2.75, 3.05) is 11.9 Å². The van der Waals surface area contributed by atoms with Gasteiger partial charge in [-0.3, -0.25) is 4.79 Å². The minimum absolute atomic E-state index is 0.135. The van der Waals surface area contributed by atoms with E-state index in [4.69, 9.17) is 5.11 Å². The van der Waals surface area contributed by atoms with Crippen molar-refractivity contribution in [3.8, 4) is 11.8 Å². The van der Waals surface area contributed by atoms with Crippen LogP contribution in [-0.4, -0.2) is 17.6 Å². The van der Waals surface area contributed by atoms with Crippen molar-refractivity contribution in [1.29, 1.82) is 0 Å². The van der Waals surface area contributed by atoms with Gasteiger partial charge in [0.15, 0.2) is 0 Å². The van der Waals surface area contributed by atoms with Crippen LogP contribution in [0.3, 0.4) is 0 Å². The summed E-state index contributed by atoms with van der Waals surface area (Å²) in [6.45, 7) is 3.68. The standard InChI is InChI=1S/C16H15NO2S/c1-11-6-3-4-7-13(11)17-16(19)15-10-12(2)14(20-15)8-5-9-18/h3-4,6-7,10,18H,9H2,1-2H3,(H,17,19). The third kappa shape index (κ3) is 3.27. The Kier molecular flexibility index (Phi) is 4.57. The van der Waals surface area contributed by atoms with Crippen molar-refractivity contribution < 1.29 is 9.90 Å². The molecule has 20 heavy (non-hydrogen) atoms. The topological polar surface area (TPSA) is 49.3 Å². The van der Waals surface area contributed by atoms with E-state index in [2.05, 4.69) is 17.2 Å². The maximum atomic E-state index is 12.2. The number of nitrogens with one attached hydrogen (secondary N) is 1. The first-order valence-corrected chi connectivity index (χ1v) is 7.00. The van der Waals surface area contributed by atoms with Gasteiger partial charge < -0.3 is 10.4 Å². The highest BCUT2D eigenvalue weighted by Gasteiger charge is 2.12. The molecule has 0 aliphatic rings. The number of thiophene rings is 1. The second-order valence-corrected chi connectivity index (χ2v) is 5.40. The monoisotopic (exact) mass is 285 g/mol. The van der Waals surface area contributed by atoms with E-state index in [1.54, 1.807) is 0 Å². The van der Waals surface area contributed by atoms with E-state index in [1.165, 1.54) is 11.3 Å². The molecule has 0 unspecified atom stereocenters. The maximum Gasteiger partial charge on any atom is 0.265 e. The Labute approximate surface area is 122 Å². The van der Waals surface area contributed by atoms with Crippen molar-refractivity contribution in [3.05, 3.63) is 51.2 Å². The molecule has 0 saturated heterocycles. The molecule has 2 N–H and O–H groups in total. The molecule has 1 aromatic heterocycles. The number of aryl methyl sites for hydroxylation is 2. The Morgan fingerprint density at radius 2 is 2.05 bits per heavy atom. The molecular weight excluding hydrogens is 270 g/mol. The summed E-state index contributed by atoms with van der Waals surface area (Å²) in [5.74, 6) is 5.32. The van der Waals surface area contributed by atoms with Crippen LogP contribution in [0.25, 0.3) is 0 Å². The molecular formula is C16H15NO2S. The van der Waals surface area contributed by atoms with Crippen molar-refractivity contribution in [3.63, 3.8) is 0 Å². The number of benzene rings is 1. The fourth-order valence-electron chi connectivity index (χ4n) is 1.73. The van der Waals surface area contributed by atoms with Crippen molar-refractivity contribution >= 4 is 22.9 Å². The highest BCUT2D eigenvalue weighted by atomic mass is 32.1. The van der Waals surface area contributed by atoms with E-state index in [0.717, 1.165) is 21.7 Å². The number of hydrogen-bond donors (Lipinski definition) is 2. The maximum absolute atomic E-state index is 12.2. The number of carbonyl (C=O) groups excluding carboxylic acids is 1. The fourth-order valence-corrected chi connectivity index (χ4v) is 2.68. The Morgan fingerprint density at radius 3 is 2.75 bits per heavy atom. The van der Waals surface area contributed by atoms with E-state index < -0.39 is 0 Å². The quantitative estimate of drug-likeness (QED) is 0.833. The largest absolute Gasteiger partial charge is 0.384 e. The van der Waals surface area contributed by atoms with Crippen LogP contribution in [0.4, 0.5) is 5.69 Å². The smallest absolute Gasteiger partial charge is 0.265 e. The zero-order valence-electron chi connectivity index (χ0n) is 11.4. The minimum Gasteiger partial charge on any atom is -0.384 e. The lowest BCUT2D eigenvalue weighted by molar-refractivity contribution is 0.103. The molecule has 0 atom stereocenters. The van der Waals surface area contributed by atoms with Crippen LogP contribution in [-0.2, 0) is 0 Å². The first-order chi connectivity index (χ1) is 9.61. The van der Waals surface area contributed by atoms with Gasteiger partial charge in [-0.15, -0.1) is 11.3 Å². The fraction of sp³-hybridized carbons (Fsp3) is 0.188. The third-order valence-electron chi connectivity index (χ3n) is 2.82. The van der Waals surface area contributed by atoms with Crippen LogP contribution in [0.5, 0.6) is 0 Å². The van der Waals surface area contributed by atoms with Crippen LogP contribution >= 0.6 is 11.3 Å². The summed E-state index contributed by atoms with van der Waals surface area (Å²) >= 11 is 1.34. The lowest BCUT2D eigenvalue weighted by Gasteiger charge is -2.06. The van der Waals surface area contributed by atoms with Gasteiger partial charge in [0.05, 0.1) is 9.75 Å². The van der Waals surface area contributed by atoms with E-state index in [9.17, 15) is 4.79 Å². The molecule has 0 aliphatic heterocycles. The van der Waals surface area contributed by atoms with Crippen LogP contribution in [0, 0.1) is 25.7 Å². The van der Waals surface area contributed by atoms with Crippen molar-refractivity contribution in [1.82, 2.24) is 0 Å². The first kappa shape index (κ1) is 14.3. The molecule has 102 valence electrons. The number of rotatable bonds is 2. The number of aliphatic hydroxyl groups excluding tert-OH is 1. The molecule has 2 aromatic rings. The highest BCUT2D eigenvalue weighted by molar-refractivity contribution is 7.14. The molecule has 3 nitrogen and oxygen atoms in total. The Morgan fingerprint density at radius 1 is 1.30 bits per heavy atom. The van der Waals surface area contributed by atoms with Gasteiger partial charge in [0, 0.05) is 5.69 Å². The number of aliphatic hydroxyl groups is 1. The molecule has 1 heterocycles. The minimum atomic E-state index is -0.178. The molecule has 4 heteroatoms. The van der Waals surface area contributed by atoms with E-state index in [0.29, 0.717) is 4.88 Å². The highest BCUT2D eigenvalue weighted by Crippen LogP contribution is 2.23. The van der Waals surface area contributed by atoms with Crippen LogP contribution in [0.1, 0.15) is 25.7 Å². The summed E-state index contributed by atoms with van der Waals surface area (Å²) in [6, 6.07) is 9.47. The van der Waals surface area contributed by atoms with E-state index >= 15 is 0 Å². The predicted octanol–water partition coefficient (Wildman–Crippen LogP) is 2.96. The molecule has 1 aromatic carbocycles. The van der Waals surface area contributed by atoms with Gasteiger partial charge in [0.1, 0.15) is 6.61 Å². The molecule has 1 amide bonds. The lowest BCUT2D eigenvalue weighted by atomic mass is 10.2. The average Bonchev–Trinajstić information content (AvgIpc) is 2.80. The van der Waals surface area contributed by atoms with Gasteiger partial charge in [-0.25, -0.2) is 0 Å². The summed E-state index contributed by atoms with van der Waals surface area (Å²) in [5, 5.41) is 11.6. The zero-order chi connectivity index (χ0) is 14.5. The van der Waals surface area contributed by atoms with Crippen LogP contribution < -0.4 is 5.32 Å². The van der Waals surface area contributed by atoms with Gasteiger partial charge in [-0.2, -0.15) is 0 Å². The van der Waals surface area contributed by atoms with Crippen molar-refractivity contribution in [2.24, 2.45) is 0 Å². The third-order valence-corrected chi connectivity index (χ3v) is 3.97. The summed E-state index contributed by atoms with van der Waals surface area (Å²) in [6.07, 6.45) is 0. The molecule has 2 rings (SSSR count). The molecule has 0 bridgehead atoms. The SMILES string of the molecule is Cc1ccccc1NC(=O)c1cc(C)c(C#CCO)s1. The normalized spacial score (nSPS) is 9.75. The molecule has 0 aliphatic carbocycles. The summed E-state index contributed by atoms with van der Waals surface area (Å²) in [5.41, 5.74) is 2.78.